The van der Waals surface area contributed by atoms with Crippen LogP contribution in [0.5, 0.6) is 17.2 Å². The van der Waals surface area contributed by atoms with Crippen LogP contribution in [0.3, 0.4) is 0 Å². The fraction of sp³-hybridized carbons (Fsp3) is 0.188. The molecular formula is C16H12ClF2NO4. The molecule has 0 unspecified atom stereocenters. The highest BCUT2D eigenvalue weighted by Gasteiger charge is 2.28. The zero-order valence-corrected chi connectivity index (χ0v) is 12.9. The number of alkyl halides is 3. The third-order valence-corrected chi connectivity index (χ3v) is 3.23. The number of ether oxygens (including phenoxy) is 3. The summed E-state index contributed by atoms with van der Waals surface area (Å²) in [6.45, 7) is 0.0719. The zero-order chi connectivity index (χ0) is 17.2. The van der Waals surface area contributed by atoms with E-state index in [-0.39, 0.29) is 12.4 Å². The Balaban J connectivity index is 1.61. The van der Waals surface area contributed by atoms with Crippen molar-refractivity contribution < 1.29 is 27.8 Å². The van der Waals surface area contributed by atoms with Crippen molar-refractivity contribution in [3.05, 3.63) is 48.5 Å². The van der Waals surface area contributed by atoms with Gasteiger partial charge in [-0.2, -0.15) is 0 Å². The fourth-order valence-electron chi connectivity index (χ4n) is 2.11. The summed E-state index contributed by atoms with van der Waals surface area (Å²) in [6, 6.07) is 12.4. The van der Waals surface area contributed by atoms with Crippen LogP contribution in [0.4, 0.5) is 14.5 Å². The lowest BCUT2D eigenvalue weighted by molar-refractivity contribution is -0.125. The number of carbonyl (C=O) groups excluding carboxylic acids is 1. The summed E-state index contributed by atoms with van der Waals surface area (Å²) in [5.41, 5.74) is -3.39. The number of hydrogen-bond acceptors (Lipinski definition) is 4. The number of amides is 1. The molecule has 0 spiro atoms. The molecule has 8 heteroatoms. The van der Waals surface area contributed by atoms with Crippen LogP contribution >= 0.6 is 11.6 Å². The molecule has 0 aromatic heterocycles. The first-order valence-electron chi connectivity index (χ1n) is 6.96. The van der Waals surface area contributed by atoms with Gasteiger partial charge in [0.1, 0.15) is 12.4 Å². The Morgan fingerprint density at radius 2 is 1.83 bits per heavy atom. The number of nitrogens with one attached hydrogen (secondary N) is 1. The summed E-state index contributed by atoms with van der Waals surface area (Å²) >= 11 is 4.68. The van der Waals surface area contributed by atoms with Gasteiger partial charge in [-0.25, -0.2) is 0 Å². The van der Waals surface area contributed by atoms with Crippen LogP contribution in [-0.4, -0.2) is 24.2 Å². The van der Waals surface area contributed by atoms with E-state index in [1.165, 1.54) is 24.3 Å². The fourth-order valence-corrected chi connectivity index (χ4v) is 2.20. The van der Waals surface area contributed by atoms with Gasteiger partial charge in [0.15, 0.2) is 11.5 Å². The summed E-state index contributed by atoms with van der Waals surface area (Å²) in [6.07, 6.45) is -0.817. The molecule has 24 heavy (non-hydrogen) atoms. The standard InChI is InChI=1S/C16H12ClF2NO4/c17-16(18,19)24-11-7-5-10(6-8-11)20-15(21)14-9-22-12-3-1-2-4-13(12)23-14/h1-8,14H,9H2,(H,20,21)/t14-/m1/s1. The Hall–Kier alpha value is -2.54. The first-order valence-corrected chi connectivity index (χ1v) is 7.34. The van der Waals surface area contributed by atoms with E-state index in [4.69, 9.17) is 9.47 Å². The summed E-state index contributed by atoms with van der Waals surface area (Å²) in [5, 5.41) is 2.61. The lowest BCUT2D eigenvalue weighted by atomic mass is 10.2. The maximum atomic E-state index is 12.5. The van der Waals surface area contributed by atoms with Gasteiger partial charge in [0.2, 0.25) is 6.10 Å². The molecule has 0 fully saturated rings. The summed E-state index contributed by atoms with van der Waals surface area (Å²) in [7, 11) is 0. The maximum absolute atomic E-state index is 12.5. The lowest BCUT2D eigenvalue weighted by Gasteiger charge is -2.25. The molecule has 0 saturated carbocycles. The largest absolute Gasteiger partial charge is 0.487 e. The predicted octanol–water partition coefficient (Wildman–Crippen LogP) is 3.63. The number of carbonyl (C=O) groups is 1. The predicted molar refractivity (Wildman–Crippen MR) is 82.9 cm³/mol. The third kappa shape index (κ3) is 4.05. The first-order chi connectivity index (χ1) is 11.4. The highest BCUT2D eigenvalue weighted by molar-refractivity contribution is 6.20. The molecule has 1 aliphatic heterocycles. The maximum Gasteiger partial charge on any atom is 0.487 e. The Morgan fingerprint density at radius 1 is 1.17 bits per heavy atom. The molecule has 3 rings (SSSR count). The minimum atomic E-state index is -3.79. The van der Waals surface area contributed by atoms with Crippen molar-refractivity contribution in [2.75, 3.05) is 11.9 Å². The molecule has 0 bridgehead atoms. The van der Waals surface area contributed by atoms with E-state index in [0.717, 1.165) is 0 Å². The van der Waals surface area contributed by atoms with Gasteiger partial charge in [0, 0.05) is 17.3 Å². The van der Waals surface area contributed by atoms with E-state index in [1.54, 1.807) is 24.3 Å². The van der Waals surface area contributed by atoms with Gasteiger partial charge in [-0.1, -0.05) is 12.1 Å². The summed E-state index contributed by atoms with van der Waals surface area (Å²) in [5.74, 6) is 0.516. The number of halogens is 3. The smallest absolute Gasteiger partial charge is 0.485 e. The second-order valence-corrected chi connectivity index (χ2v) is 5.37. The van der Waals surface area contributed by atoms with Gasteiger partial charge in [0.05, 0.1) is 0 Å². The number of anilines is 1. The van der Waals surface area contributed by atoms with E-state index in [1.807, 2.05) is 0 Å². The minimum Gasteiger partial charge on any atom is -0.485 e. The van der Waals surface area contributed by atoms with Crippen molar-refractivity contribution in [2.24, 2.45) is 0 Å². The van der Waals surface area contributed by atoms with Crippen LogP contribution in [0.25, 0.3) is 0 Å². The SMILES string of the molecule is O=C(Nc1ccc(OC(F)(F)Cl)cc1)[C@H]1COc2ccccc2O1. The lowest BCUT2D eigenvalue weighted by Crippen LogP contribution is -2.40. The second-order valence-electron chi connectivity index (χ2n) is 4.93. The third-order valence-electron chi connectivity index (χ3n) is 3.16. The second kappa shape index (κ2) is 6.52. The van der Waals surface area contributed by atoms with Gasteiger partial charge in [-0.05, 0) is 36.4 Å². The average molecular weight is 356 g/mol. The quantitative estimate of drug-likeness (QED) is 0.851. The molecule has 2 aromatic carbocycles. The van der Waals surface area contributed by atoms with E-state index in [2.05, 4.69) is 21.7 Å². The van der Waals surface area contributed by atoms with Crippen molar-refractivity contribution in [1.29, 1.82) is 0 Å². The molecule has 0 aliphatic carbocycles. The van der Waals surface area contributed by atoms with Crippen LogP contribution < -0.4 is 19.5 Å². The van der Waals surface area contributed by atoms with Crippen LogP contribution in [0.15, 0.2) is 48.5 Å². The van der Waals surface area contributed by atoms with E-state index in [9.17, 15) is 13.6 Å². The van der Waals surface area contributed by atoms with Gasteiger partial charge in [-0.3, -0.25) is 4.79 Å². The number of rotatable bonds is 4. The minimum absolute atomic E-state index is 0.0719. The number of benzene rings is 2. The van der Waals surface area contributed by atoms with Crippen LogP contribution in [0.1, 0.15) is 0 Å². The van der Waals surface area contributed by atoms with Crippen molar-refractivity contribution in [3.8, 4) is 17.2 Å². The molecule has 126 valence electrons. The molecule has 1 aliphatic rings. The van der Waals surface area contributed by atoms with Crippen LogP contribution in [0, 0.1) is 0 Å². The van der Waals surface area contributed by atoms with Crippen LogP contribution in [-0.2, 0) is 4.79 Å². The molecule has 0 saturated heterocycles. The van der Waals surface area contributed by atoms with E-state index >= 15 is 0 Å². The molecule has 1 heterocycles. The zero-order valence-electron chi connectivity index (χ0n) is 12.2. The molecule has 0 radical (unpaired) electrons. The van der Waals surface area contributed by atoms with E-state index in [0.29, 0.717) is 17.2 Å². The van der Waals surface area contributed by atoms with Gasteiger partial charge < -0.3 is 19.5 Å². The highest BCUT2D eigenvalue weighted by Crippen LogP contribution is 2.31. The highest BCUT2D eigenvalue weighted by atomic mass is 35.5. The first kappa shape index (κ1) is 16.3. The molecular weight excluding hydrogens is 344 g/mol. The van der Waals surface area contributed by atoms with Crippen LogP contribution in [0.2, 0.25) is 0 Å². The number of fused-ring (bicyclic) bond motifs is 1. The molecule has 2 aromatic rings. The summed E-state index contributed by atoms with van der Waals surface area (Å²) < 4.78 is 40.3. The summed E-state index contributed by atoms with van der Waals surface area (Å²) in [4.78, 5) is 12.2. The molecule has 5 nitrogen and oxygen atoms in total. The Labute approximate surface area is 141 Å². The van der Waals surface area contributed by atoms with Crippen molar-refractivity contribution in [1.82, 2.24) is 0 Å². The molecule has 1 atom stereocenters. The number of para-hydroxylation sites is 2. The van der Waals surface area contributed by atoms with E-state index < -0.39 is 17.6 Å². The monoisotopic (exact) mass is 355 g/mol. The van der Waals surface area contributed by atoms with Crippen molar-refractivity contribution >= 4 is 23.2 Å². The van der Waals surface area contributed by atoms with Gasteiger partial charge in [0.25, 0.3) is 5.91 Å². The average Bonchev–Trinajstić information content (AvgIpc) is 2.55. The van der Waals surface area contributed by atoms with Gasteiger partial charge >= 0.3 is 5.57 Å². The Bertz CT molecular complexity index is 734. The Morgan fingerprint density at radius 3 is 2.50 bits per heavy atom. The Kier molecular flexibility index (Phi) is 4.44. The topological polar surface area (TPSA) is 56.8 Å². The van der Waals surface area contributed by atoms with Gasteiger partial charge in [-0.15, -0.1) is 8.78 Å². The van der Waals surface area contributed by atoms with Crippen molar-refractivity contribution in [2.45, 2.75) is 11.7 Å². The molecule has 1 amide bonds. The normalized spacial score (nSPS) is 16.4. The molecule has 1 N–H and O–H groups in total. The number of hydrogen-bond donors (Lipinski definition) is 1. The van der Waals surface area contributed by atoms with Crippen molar-refractivity contribution in [3.63, 3.8) is 0 Å².